The first kappa shape index (κ1) is 30.5. The van der Waals surface area contributed by atoms with Crippen molar-refractivity contribution in [2.75, 3.05) is 5.43 Å². The Labute approximate surface area is 278 Å². The molecule has 3 aromatic rings. The molecular weight excluding hydrogens is 609 g/mol. The molecule has 0 spiro atoms. The third-order valence-corrected chi connectivity index (χ3v) is 11.7. The van der Waals surface area contributed by atoms with Gasteiger partial charge in [-0.05, 0) is 73.9 Å². The van der Waals surface area contributed by atoms with E-state index in [2.05, 4.69) is 5.43 Å². The predicted octanol–water partition coefficient (Wildman–Crippen LogP) is 6.16. The van der Waals surface area contributed by atoms with Gasteiger partial charge in [-0.2, -0.15) is 5.01 Å². The van der Waals surface area contributed by atoms with Crippen LogP contribution in [0.2, 0.25) is 0 Å². The van der Waals surface area contributed by atoms with Crippen LogP contribution in [-0.2, 0) is 24.6 Å². The van der Waals surface area contributed by atoms with Crippen molar-refractivity contribution in [3.8, 4) is 5.75 Å². The number of imide groups is 2. The predicted molar refractivity (Wildman–Crippen MR) is 176 cm³/mol. The van der Waals surface area contributed by atoms with Crippen molar-refractivity contribution in [3.63, 3.8) is 0 Å². The molecule has 0 aromatic heterocycles. The van der Waals surface area contributed by atoms with Crippen LogP contribution >= 0.6 is 0 Å². The number of nitrogens with zero attached hydrogens (tertiary/aromatic N) is 2. The number of fused-ring (bicyclic) bond motifs is 4. The summed E-state index contributed by atoms with van der Waals surface area (Å²) in [5.41, 5.74) is 4.98. The average Bonchev–Trinajstić information content (AvgIpc) is 3.48. The van der Waals surface area contributed by atoms with Crippen molar-refractivity contribution in [1.82, 2.24) is 9.91 Å². The molecule has 6 atom stereocenters. The van der Waals surface area contributed by atoms with Crippen molar-refractivity contribution < 1.29 is 28.7 Å². The highest BCUT2D eigenvalue weighted by molar-refractivity contribution is 6.13. The van der Waals surface area contributed by atoms with Gasteiger partial charge in [0.05, 0.1) is 28.9 Å². The summed E-state index contributed by atoms with van der Waals surface area (Å²) in [6.07, 6.45) is 7.11. The fourth-order valence-corrected chi connectivity index (χ4v) is 9.55. The second kappa shape index (κ2) is 11.4. The largest absolute Gasteiger partial charge is 0.505 e. The van der Waals surface area contributed by atoms with Crippen molar-refractivity contribution in [3.05, 3.63) is 107 Å². The zero-order valence-electron chi connectivity index (χ0n) is 26.8. The van der Waals surface area contributed by atoms with Crippen LogP contribution in [0.1, 0.15) is 67.6 Å². The van der Waals surface area contributed by atoms with Gasteiger partial charge in [0, 0.05) is 12.0 Å². The number of aromatic hydroxyl groups is 1. The summed E-state index contributed by atoms with van der Waals surface area (Å²) in [4.78, 5) is 59.6. The first-order valence-electron chi connectivity index (χ1n) is 17.0. The van der Waals surface area contributed by atoms with Crippen LogP contribution in [0.4, 0.5) is 10.1 Å². The summed E-state index contributed by atoms with van der Waals surface area (Å²) >= 11 is 0. The van der Waals surface area contributed by atoms with Crippen LogP contribution in [0.5, 0.6) is 5.75 Å². The zero-order valence-corrected chi connectivity index (χ0v) is 26.8. The van der Waals surface area contributed by atoms with Crippen molar-refractivity contribution in [2.24, 2.45) is 23.7 Å². The molecule has 2 aliphatic heterocycles. The van der Waals surface area contributed by atoms with Gasteiger partial charge in [-0.25, -0.2) is 4.39 Å². The smallest absolute Gasteiger partial charge is 0.260 e. The van der Waals surface area contributed by atoms with Crippen LogP contribution in [-0.4, -0.2) is 44.7 Å². The molecule has 2 N–H and O–H groups in total. The molecule has 2 saturated carbocycles. The van der Waals surface area contributed by atoms with Gasteiger partial charge in [-0.15, -0.1) is 0 Å². The molecule has 8 rings (SSSR count). The third-order valence-electron chi connectivity index (χ3n) is 11.7. The Morgan fingerprint density at radius 1 is 0.854 bits per heavy atom. The summed E-state index contributed by atoms with van der Waals surface area (Å²) in [5, 5.41) is 11.3. The molecule has 8 nitrogen and oxygen atoms in total. The Bertz CT molecular complexity index is 1850. The molecule has 4 fully saturated rings. The number of rotatable bonds is 5. The van der Waals surface area contributed by atoms with E-state index >= 15 is 9.18 Å². The zero-order chi connectivity index (χ0) is 33.3. The lowest BCUT2D eigenvalue weighted by Gasteiger charge is -2.50. The Kier molecular flexibility index (Phi) is 7.27. The van der Waals surface area contributed by atoms with Crippen LogP contribution < -0.4 is 5.43 Å². The number of hydrazine groups is 1. The van der Waals surface area contributed by atoms with E-state index in [1.807, 2.05) is 55.5 Å². The van der Waals surface area contributed by atoms with E-state index in [1.165, 1.54) is 17.0 Å². The summed E-state index contributed by atoms with van der Waals surface area (Å²) in [5.74, 6) is -6.07. The minimum atomic E-state index is -1.48. The molecule has 5 aliphatic rings. The number of likely N-dealkylation sites (tertiary alicyclic amines) is 1. The molecule has 6 unspecified atom stereocenters. The molecular formula is C39H38FN3O5. The number of anilines is 1. The van der Waals surface area contributed by atoms with E-state index in [9.17, 15) is 19.5 Å². The number of carbonyl (C=O) groups excluding carboxylic acids is 4. The molecule has 2 saturated heterocycles. The van der Waals surface area contributed by atoms with Gasteiger partial charge in [0.25, 0.3) is 11.8 Å². The van der Waals surface area contributed by atoms with Crippen LogP contribution in [0.25, 0.3) is 0 Å². The number of aryl methyl sites for hydroxylation is 1. The van der Waals surface area contributed by atoms with E-state index < -0.39 is 58.4 Å². The standard InChI is InChI=1S/C39H38FN3O5/c1-22-12-15-25(16-13-22)41-43-36(46)30-21-29-27(17-18-28-33(29)37(47)42(35(28)45)26-10-6-3-7-11-26)34(23-14-19-32(44)31(40)20-23)39(30,38(43)48)24-8-4-2-5-9-24/h2,4-5,8-9,12-17,19-20,26,28-30,33-34,41,44H,3,6-7,10-11,18,21H2,1H3. The highest BCUT2D eigenvalue weighted by Gasteiger charge is 2.70. The first-order valence-corrected chi connectivity index (χ1v) is 17.0. The number of halogens is 1. The highest BCUT2D eigenvalue weighted by atomic mass is 19.1. The van der Waals surface area contributed by atoms with E-state index in [0.29, 0.717) is 23.2 Å². The van der Waals surface area contributed by atoms with Crippen LogP contribution in [0.15, 0.2) is 84.4 Å². The van der Waals surface area contributed by atoms with Crippen LogP contribution in [0, 0.1) is 36.4 Å². The van der Waals surface area contributed by atoms with Crippen molar-refractivity contribution >= 4 is 29.3 Å². The molecule has 0 bridgehead atoms. The van der Waals surface area contributed by atoms with Gasteiger partial charge < -0.3 is 5.11 Å². The van der Waals surface area contributed by atoms with Gasteiger partial charge in [0.15, 0.2) is 11.6 Å². The molecule has 9 heteroatoms. The fourth-order valence-electron chi connectivity index (χ4n) is 9.55. The SMILES string of the molecule is Cc1ccc(NN2C(=O)C3CC4C(=CCC5C(=O)N(C6CCCCC6)C(=O)C54)C(c4ccc(O)c(F)c4)C3(c3ccccc3)C2=O)cc1. The molecule has 3 aliphatic carbocycles. The second-order valence-corrected chi connectivity index (χ2v) is 14.1. The average molecular weight is 648 g/mol. The number of allylic oxidation sites excluding steroid dienone is 2. The quantitative estimate of drug-likeness (QED) is 0.254. The summed E-state index contributed by atoms with van der Waals surface area (Å²) < 4.78 is 15.2. The molecule has 4 amide bonds. The Morgan fingerprint density at radius 3 is 2.29 bits per heavy atom. The lowest BCUT2D eigenvalue weighted by molar-refractivity contribution is -0.144. The maximum Gasteiger partial charge on any atom is 0.260 e. The number of hydrogen-bond donors (Lipinski definition) is 2. The monoisotopic (exact) mass is 647 g/mol. The number of nitrogens with one attached hydrogen (secondary N) is 1. The van der Waals surface area contributed by atoms with Gasteiger partial charge in [0.1, 0.15) is 0 Å². The molecule has 2 heterocycles. The Morgan fingerprint density at radius 2 is 1.58 bits per heavy atom. The normalized spacial score (nSPS) is 30.2. The maximum atomic E-state index is 15.2. The third kappa shape index (κ3) is 4.39. The Balaban J connectivity index is 1.30. The van der Waals surface area contributed by atoms with Gasteiger partial charge >= 0.3 is 0 Å². The van der Waals surface area contributed by atoms with Crippen LogP contribution in [0.3, 0.4) is 0 Å². The van der Waals surface area contributed by atoms with Gasteiger partial charge in [0.2, 0.25) is 11.8 Å². The van der Waals surface area contributed by atoms with Crippen molar-refractivity contribution in [1.29, 1.82) is 0 Å². The lowest BCUT2D eigenvalue weighted by atomic mass is 9.49. The molecule has 0 radical (unpaired) electrons. The maximum absolute atomic E-state index is 15.2. The number of hydrogen-bond acceptors (Lipinski definition) is 6. The number of amides is 4. The lowest BCUT2D eigenvalue weighted by Crippen LogP contribution is -2.53. The number of benzene rings is 3. The second-order valence-electron chi connectivity index (χ2n) is 14.1. The van der Waals surface area contributed by atoms with Crippen molar-refractivity contribution in [2.45, 2.75) is 69.2 Å². The van der Waals surface area contributed by atoms with Gasteiger partial charge in [-0.3, -0.25) is 29.5 Å². The first-order chi connectivity index (χ1) is 23.2. The highest BCUT2D eigenvalue weighted by Crippen LogP contribution is 2.64. The van der Waals surface area contributed by atoms with E-state index in [0.717, 1.165) is 48.2 Å². The fraction of sp³-hybridized carbons (Fsp3) is 0.385. The number of carbonyl (C=O) groups is 4. The molecule has 3 aromatic carbocycles. The summed E-state index contributed by atoms with van der Waals surface area (Å²) in [6, 6.07) is 20.5. The minimum absolute atomic E-state index is 0.120. The number of phenols is 1. The van der Waals surface area contributed by atoms with E-state index in [4.69, 9.17) is 0 Å². The number of phenolic OH excluding ortho intramolecular Hbond substituents is 1. The van der Waals surface area contributed by atoms with E-state index in [-0.39, 0.29) is 24.3 Å². The van der Waals surface area contributed by atoms with Gasteiger partial charge in [-0.1, -0.05) is 85.0 Å². The summed E-state index contributed by atoms with van der Waals surface area (Å²) in [7, 11) is 0. The topological polar surface area (TPSA) is 107 Å². The Hall–Kier alpha value is -4.79. The molecule has 48 heavy (non-hydrogen) atoms. The van der Waals surface area contributed by atoms with E-state index in [1.54, 1.807) is 18.2 Å². The molecule has 246 valence electrons. The summed E-state index contributed by atoms with van der Waals surface area (Å²) in [6.45, 7) is 1.95. The minimum Gasteiger partial charge on any atom is -0.505 e.